The van der Waals surface area contributed by atoms with Crippen molar-refractivity contribution < 1.29 is 9.53 Å². The molecule has 1 amide bonds. The molecule has 0 bridgehead atoms. The van der Waals surface area contributed by atoms with E-state index < -0.39 is 6.10 Å². The monoisotopic (exact) mass is 235 g/mol. The Labute approximate surface area is 103 Å². The van der Waals surface area contributed by atoms with Gasteiger partial charge in [0, 0.05) is 6.54 Å². The van der Waals surface area contributed by atoms with Crippen molar-refractivity contribution >= 4 is 5.91 Å². The maximum Gasteiger partial charge on any atom is 0.260 e. The Morgan fingerprint density at radius 3 is 2.29 bits per heavy atom. The topological polar surface area (TPSA) is 38.3 Å². The van der Waals surface area contributed by atoms with Gasteiger partial charge in [-0.15, -0.1) is 0 Å². The van der Waals surface area contributed by atoms with Gasteiger partial charge in [0.2, 0.25) is 0 Å². The number of likely N-dealkylation sites (N-methyl/N-ethyl adjacent to an activating group) is 1. The van der Waals surface area contributed by atoms with Gasteiger partial charge in [0.25, 0.3) is 5.91 Å². The fourth-order valence-electron chi connectivity index (χ4n) is 1.51. The highest BCUT2D eigenvalue weighted by Gasteiger charge is 2.13. The van der Waals surface area contributed by atoms with Crippen molar-refractivity contribution in [3.8, 4) is 5.75 Å². The van der Waals surface area contributed by atoms with E-state index in [1.54, 1.807) is 6.92 Å². The van der Waals surface area contributed by atoms with Crippen LogP contribution in [0.5, 0.6) is 5.75 Å². The molecule has 1 aromatic rings. The summed E-state index contributed by atoms with van der Waals surface area (Å²) in [5.74, 6) is 1.15. The van der Waals surface area contributed by atoms with Gasteiger partial charge in [-0.05, 0) is 37.5 Å². The van der Waals surface area contributed by atoms with E-state index in [0.29, 0.717) is 12.5 Å². The van der Waals surface area contributed by atoms with Crippen LogP contribution in [0, 0.1) is 0 Å². The number of amides is 1. The summed E-state index contributed by atoms with van der Waals surface area (Å²) in [5, 5.41) is 2.73. The molecule has 1 atom stereocenters. The number of nitrogens with one attached hydrogen (secondary N) is 1. The molecular formula is C14H21NO2. The zero-order valence-electron chi connectivity index (χ0n) is 11.0. The second kappa shape index (κ2) is 6.28. The first-order valence-corrected chi connectivity index (χ1v) is 6.09. The lowest BCUT2D eigenvalue weighted by molar-refractivity contribution is -0.127. The Kier molecular flexibility index (Phi) is 5.01. The van der Waals surface area contributed by atoms with Gasteiger partial charge in [0.15, 0.2) is 6.10 Å². The van der Waals surface area contributed by atoms with Crippen molar-refractivity contribution in [2.45, 2.75) is 39.7 Å². The number of rotatable bonds is 5. The number of ether oxygens (including phenoxy) is 1. The predicted octanol–water partition coefficient (Wildman–Crippen LogP) is 2.71. The van der Waals surface area contributed by atoms with Crippen LogP contribution in [0.2, 0.25) is 0 Å². The first kappa shape index (κ1) is 13.6. The van der Waals surface area contributed by atoms with Crippen LogP contribution in [0.4, 0.5) is 0 Å². The molecule has 0 spiro atoms. The van der Waals surface area contributed by atoms with E-state index in [9.17, 15) is 4.79 Å². The molecule has 1 aromatic carbocycles. The molecule has 1 rings (SSSR count). The zero-order chi connectivity index (χ0) is 12.8. The fourth-order valence-corrected chi connectivity index (χ4v) is 1.51. The first-order valence-electron chi connectivity index (χ1n) is 6.09. The van der Waals surface area contributed by atoms with E-state index in [1.165, 1.54) is 5.56 Å². The molecular weight excluding hydrogens is 214 g/mol. The van der Waals surface area contributed by atoms with Crippen LogP contribution < -0.4 is 10.1 Å². The van der Waals surface area contributed by atoms with E-state index in [0.717, 1.165) is 5.75 Å². The van der Waals surface area contributed by atoms with E-state index in [1.807, 2.05) is 31.2 Å². The van der Waals surface area contributed by atoms with Crippen LogP contribution in [0.25, 0.3) is 0 Å². The van der Waals surface area contributed by atoms with E-state index in [2.05, 4.69) is 19.2 Å². The number of hydrogen-bond acceptors (Lipinski definition) is 2. The van der Waals surface area contributed by atoms with Crippen LogP contribution in [0.15, 0.2) is 24.3 Å². The highest BCUT2D eigenvalue weighted by atomic mass is 16.5. The summed E-state index contributed by atoms with van der Waals surface area (Å²) >= 11 is 0. The maximum atomic E-state index is 11.5. The highest BCUT2D eigenvalue weighted by Crippen LogP contribution is 2.19. The summed E-state index contributed by atoms with van der Waals surface area (Å²) in [4.78, 5) is 11.5. The van der Waals surface area contributed by atoms with Crippen molar-refractivity contribution in [3.63, 3.8) is 0 Å². The minimum Gasteiger partial charge on any atom is -0.481 e. The Bertz CT molecular complexity index is 357. The highest BCUT2D eigenvalue weighted by molar-refractivity contribution is 5.80. The van der Waals surface area contributed by atoms with Crippen LogP contribution in [-0.4, -0.2) is 18.6 Å². The molecule has 0 aliphatic heterocycles. The molecule has 17 heavy (non-hydrogen) atoms. The Morgan fingerprint density at radius 2 is 1.82 bits per heavy atom. The van der Waals surface area contributed by atoms with Gasteiger partial charge in [0.05, 0.1) is 0 Å². The summed E-state index contributed by atoms with van der Waals surface area (Å²) in [6, 6.07) is 7.88. The summed E-state index contributed by atoms with van der Waals surface area (Å²) in [6.45, 7) is 8.56. The van der Waals surface area contributed by atoms with Crippen molar-refractivity contribution in [1.82, 2.24) is 5.32 Å². The summed E-state index contributed by atoms with van der Waals surface area (Å²) in [6.07, 6.45) is -0.458. The van der Waals surface area contributed by atoms with Crippen molar-refractivity contribution in [2.75, 3.05) is 6.54 Å². The van der Waals surface area contributed by atoms with Crippen molar-refractivity contribution in [3.05, 3.63) is 29.8 Å². The quantitative estimate of drug-likeness (QED) is 0.852. The molecule has 0 saturated carbocycles. The largest absolute Gasteiger partial charge is 0.481 e. The van der Waals surface area contributed by atoms with Gasteiger partial charge >= 0.3 is 0 Å². The van der Waals surface area contributed by atoms with Gasteiger partial charge in [-0.2, -0.15) is 0 Å². The third-order valence-corrected chi connectivity index (χ3v) is 2.58. The normalized spacial score (nSPS) is 12.3. The average molecular weight is 235 g/mol. The molecule has 0 fully saturated rings. The molecule has 0 heterocycles. The van der Waals surface area contributed by atoms with Crippen molar-refractivity contribution in [2.24, 2.45) is 0 Å². The third-order valence-electron chi connectivity index (χ3n) is 2.58. The first-order chi connectivity index (χ1) is 8.04. The second-order valence-corrected chi connectivity index (χ2v) is 4.38. The summed E-state index contributed by atoms with van der Waals surface area (Å²) in [7, 11) is 0. The van der Waals surface area contributed by atoms with E-state index in [-0.39, 0.29) is 5.91 Å². The maximum absolute atomic E-state index is 11.5. The number of hydrogen-bond donors (Lipinski definition) is 1. The van der Waals surface area contributed by atoms with Crippen LogP contribution in [0.3, 0.4) is 0 Å². The minimum atomic E-state index is -0.458. The standard InChI is InChI=1S/C14H21NO2/c1-5-15-14(16)11(4)17-13-8-6-12(7-9-13)10(2)3/h6-11H,5H2,1-4H3,(H,15,16). The smallest absolute Gasteiger partial charge is 0.260 e. The number of carbonyl (C=O) groups excluding carboxylic acids is 1. The Morgan fingerprint density at radius 1 is 1.24 bits per heavy atom. The molecule has 0 saturated heterocycles. The molecule has 0 aliphatic rings. The summed E-state index contributed by atoms with van der Waals surface area (Å²) in [5.41, 5.74) is 1.27. The lowest BCUT2D eigenvalue weighted by Crippen LogP contribution is -2.36. The lowest BCUT2D eigenvalue weighted by Gasteiger charge is -2.14. The van der Waals surface area contributed by atoms with Crippen LogP contribution in [0.1, 0.15) is 39.2 Å². The van der Waals surface area contributed by atoms with Crippen molar-refractivity contribution in [1.29, 1.82) is 0 Å². The molecule has 1 unspecified atom stereocenters. The zero-order valence-corrected chi connectivity index (χ0v) is 11.0. The fraction of sp³-hybridized carbons (Fsp3) is 0.500. The molecule has 0 radical (unpaired) electrons. The summed E-state index contributed by atoms with van der Waals surface area (Å²) < 4.78 is 5.55. The van der Waals surface area contributed by atoms with Gasteiger partial charge in [-0.1, -0.05) is 26.0 Å². The molecule has 94 valence electrons. The second-order valence-electron chi connectivity index (χ2n) is 4.38. The van der Waals surface area contributed by atoms with Crippen LogP contribution >= 0.6 is 0 Å². The molecule has 0 aromatic heterocycles. The Hall–Kier alpha value is -1.51. The Balaban J connectivity index is 2.60. The molecule has 1 N–H and O–H groups in total. The number of benzene rings is 1. The minimum absolute atomic E-state index is 0.0829. The average Bonchev–Trinajstić information content (AvgIpc) is 2.30. The number of carbonyl (C=O) groups is 1. The molecule has 3 nitrogen and oxygen atoms in total. The lowest BCUT2D eigenvalue weighted by atomic mass is 10.0. The molecule has 0 aliphatic carbocycles. The molecule has 3 heteroatoms. The SMILES string of the molecule is CCNC(=O)C(C)Oc1ccc(C(C)C)cc1. The van der Waals surface area contributed by atoms with Gasteiger partial charge in [0.1, 0.15) is 5.75 Å². The van der Waals surface area contributed by atoms with Gasteiger partial charge in [-0.25, -0.2) is 0 Å². The third kappa shape index (κ3) is 4.10. The van der Waals surface area contributed by atoms with E-state index >= 15 is 0 Å². The van der Waals surface area contributed by atoms with Crippen LogP contribution in [-0.2, 0) is 4.79 Å². The van der Waals surface area contributed by atoms with Gasteiger partial charge < -0.3 is 10.1 Å². The van der Waals surface area contributed by atoms with Gasteiger partial charge in [-0.3, -0.25) is 4.79 Å². The van der Waals surface area contributed by atoms with E-state index in [4.69, 9.17) is 4.74 Å². The predicted molar refractivity (Wildman–Crippen MR) is 69.3 cm³/mol.